The lowest BCUT2D eigenvalue weighted by Gasteiger charge is -2.16. The van der Waals surface area contributed by atoms with Gasteiger partial charge in [-0.2, -0.15) is 0 Å². The number of fused-ring (bicyclic) bond motifs is 1. The van der Waals surface area contributed by atoms with Crippen LogP contribution in [0.4, 0.5) is 0 Å². The van der Waals surface area contributed by atoms with Gasteiger partial charge in [-0.15, -0.1) is 0 Å². The van der Waals surface area contributed by atoms with Gasteiger partial charge in [-0.25, -0.2) is 4.79 Å². The molecule has 0 fully saturated rings. The Labute approximate surface area is 141 Å². The van der Waals surface area contributed by atoms with Gasteiger partial charge in [-0.05, 0) is 35.4 Å². The molecule has 2 atom stereocenters. The zero-order chi connectivity index (χ0) is 17.4. The first kappa shape index (κ1) is 16.3. The molecular weight excluding hydrogens is 304 g/mol. The van der Waals surface area contributed by atoms with Crippen molar-refractivity contribution in [3.05, 3.63) is 58.9 Å². The Morgan fingerprint density at radius 3 is 2.50 bits per heavy atom. The highest BCUT2D eigenvalue weighted by Crippen LogP contribution is 2.46. The monoisotopic (exact) mass is 326 g/mol. The lowest BCUT2D eigenvalue weighted by molar-refractivity contribution is 0.0272. The number of aromatic nitrogens is 1. The van der Waals surface area contributed by atoms with Gasteiger partial charge in [0.15, 0.2) is 0 Å². The number of hydrogen-bond acceptors (Lipinski definition) is 3. The number of primary amides is 1. The lowest BCUT2D eigenvalue weighted by atomic mass is 9.90. The van der Waals surface area contributed by atoms with Crippen molar-refractivity contribution in [1.82, 2.24) is 4.57 Å². The highest BCUT2D eigenvalue weighted by atomic mass is 16.5. The summed E-state index contributed by atoms with van der Waals surface area (Å²) in [5, 5.41) is 0. The Balaban J connectivity index is 1.84. The molecule has 1 amide bonds. The molecule has 0 spiro atoms. The van der Waals surface area contributed by atoms with E-state index in [0.717, 1.165) is 12.0 Å². The van der Waals surface area contributed by atoms with Crippen molar-refractivity contribution < 1.29 is 14.3 Å². The van der Waals surface area contributed by atoms with Gasteiger partial charge in [0.2, 0.25) is 5.91 Å². The summed E-state index contributed by atoms with van der Waals surface area (Å²) in [6.07, 6.45) is 2.07. The molecule has 0 aliphatic heterocycles. The fourth-order valence-electron chi connectivity index (χ4n) is 3.46. The van der Waals surface area contributed by atoms with Crippen molar-refractivity contribution in [2.75, 3.05) is 0 Å². The molecule has 24 heavy (non-hydrogen) atoms. The number of rotatable bonds is 4. The van der Waals surface area contributed by atoms with Crippen LogP contribution in [0, 0.1) is 5.92 Å². The van der Waals surface area contributed by atoms with Crippen LogP contribution >= 0.6 is 0 Å². The molecule has 0 saturated heterocycles. The van der Waals surface area contributed by atoms with Gasteiger partial charge < -0.3 is 15.0 Å². The molecule has 0 bridgehead atoms. The van der Waals surface area contributed by atoms with Crippen molar-refractivity contribution in [3.8, 4) is 0 Å². The van der Waals surface area contributed by atoms with Gasteiger partial charge in [0, 0.05) is 13.2 Å². The van der Waals surface area contributed by atoms with Crippen LogP contribution in [0.1, 0.15) is 64.3 Å². The van der Waals surface area contributed by atoms with E-state index in [4.69, 9.17) is 10.5 Å². The molecule has 0 unspecified atom stereocenters. The number of hydrogen-bond donors (Lipinski definition) is 1. The average Bonchev–Trinajstić information content (AvgIpc) is 3.09. The van der Waals surface area contributed by atoms with E-state index in [1.165, 1.54) is 11.6 Å². The first-order chi connectivity index (χ1) is 11.4. The minimum Gasteiger partial charge on any atom is -0.453 e. The summed E-state index contributed by atoms with van der Waals surface area (Å²) >= 11 is 0. The smallest absolute Gasteiger partial charge is 0.355 e. The number of aryl methyl sites for hydroxylation is 1. The Morgan fingerprint density at radius 1 is 1.25 bits per heavy atom. The second kappa shape index (κ2) is 6.15. The van der Waals surface area contributed by atoms with Crippen LogP contribution in [0.15, 0.2) is 36.5 Å². The van der Waals surface area contributed by atoms with Gasteiger partial charge in [0.25, 0.3) is 0 Å². The number of ether oxygens (including phenoxy) is 1. The predicted molar refractivity (Wildman–Crippen MR) is 90.7 cm³/mol. The van der Waals surface area contributed by atoms with Crippen LogP contribution < -0.4 is 5.73 Å². The number of carbonyl (C=O) groups is 2. The van der Waals surface area contributed by atoms with Crippen LogP contribution in [-0.4, -0.2) is 16.4 Å². The summed E-state index contributed by atoms with van der Waals surface area (Å²) in [6, 6.07) is 9.60. The maximum absolute atomic E-state index is 12.5. The zero-order valence-electron chi connectivity index (χ0n) is 14.2. The normalized spacial score (nSPS) is 19.3. The Morgan fingerprint density at radius 2 is 1.92 bits per heavy atom. The quantitative estimate of drug-likeness (QED) is 0.877. The minimum absolute atomic E-state index is 0.256. The second-order valence-electron chi connectivity index (χ2n) is 6.70. The third kappa shape index (κ3) is 2.82. The molecule has 1 aliphatic rings. The van der Waals surface area contributed by atoms with Gasteiger partial charge in [-0.3, -0.25) is 4.79 Å². The highest BCUT2D eigenvalue weighted by molar-refractivity contribution is 5.97. The molecule has 0 saturated carbocycles. The predicted octanol–water partition coefficient (Wildman–Crippen LogP) is 3.17. The summed E-state index contributed by atoms with van der Waals surface area (Å²) < 4.78 is 7.34. The number of carbonyl (C=O) groups excluding carboxylic acids is 2. The van der Waals surface area contributed by atoms with Crippen LogP contribution in [0.25, 0.3) is 0 Å². The molecular formula is C19H22N2O3. The molecule has 2 aromatic rings. The summed E-state index contributed by atoms with van der Waals surface area (Å²) in [5.74, 6) is -0.134. The standard InChI is InChI=1S/C19H22N2O3/c1-11(2)15-9-17(14-7-5-4-6-13(14)15)24-19(23)16-8-12(18(20)22)10-21(16)3/h4-8,10-11,15,17H,9H2,1-3H3,(H2,20,22)/t15-,17+/m0/s1. The Kier molecular flexibility index (Phi) is 4.18. The highest BCUT2D eigenvalue weighted by Gasteiger charge is 2.35. The molecule has 0 radical (unpaired) electrons. The average molecular weight is 326 g/mol. The largest absolute Gasteiger partial charge is 0.453 e. The fraction of sp³-hybridized carbons (Fsp3) is 0.368. The molecule has 126 valence electrons. The van der Waals surface area contributed by atoms with Gasteiger partial charge >= 0.3 is 5.97 Å². The zero-order valence-corrected chi connectivity index (χ0v) is 14.2. The molecule has 5 nitrogen and oxygen atoms in total. The molecule has 1 aromatic carbocycles. The molecule has 3 rings (SSSR count). The van der Waals surface area contributed by atoms with Crippen LogP contribution in [-0.2, 0) is 11.8 Å². The topological polar surface area (TPSA) is 74.3 Å². The number of nitrogens with zero attached hydrogens (tertiary/aromatic N) is 1. The minimum atomic E-state index is -0.560. The number of esters is 1. The van der Waals surface area contributed by atoms with Crippen molar-refractivity contribution in [2.24, 2.45) is 18.7 Å². The third-order valence-electron chi connectivity index (χ3n) is 4.76. The SMILES string of the molecule is CC(C)[C@@H]1C[C@@H](OC(=O)c2cc(C(N)=O)cn2C)c2ccccc21. The summed E-state index contributed by atoms with van der Waals surface area (Å²) in [4.78, 5) is 23.8. The van der Waals surface area contributed by atoms with E-state index in [2.05, 4.69) is 19.9 Å². The molecule has 1 heterocycles. The van der Waals surface area contributed by atoms with Crippen LogP contribution in [0.3, 0.4) is 0 Å². The molecule has 5 heteroatoms. The summed E-state index contributed by atoms with van der Waals surface area (Å²) in [6.45, 7) is 4.37. The Bertz CT molecular complexity index is 792. The van der Waals surface area contributed by atoms with Crippen LogP contribution in [0.5, 0.6) is 0 Å². The third-order valence-corrected chi connectivity index (χ3v) is 4.76. The van der Waals surface area contributed by atoms with E-state index in [0.29, 0.717) is 23.1 Å². The number of amides is 1. The van der Waals surface area contributed by atoms with E-state index >= 15 is 0 Å². The van der Waals surface area contributed by atoms with Crippen molar-refractivity contribution in [1.29, 1.82) is 0 Å². The molecule has 2 N–H and O–H groups in total. The summed E-state index contributed by atoms with van der Waals surface area (Å²) in [5.41, 5.74) is 8.24. The molecule has 1 aliphatic carbocycles. The van der Waals surface area contributed by atoms with Gasteiger partial charge in [0.05, 0.1) is 5.56 Å². The van der Waals surface area contributed by atoms with E-state index in [1.807, 2.05) is 18.2 Å². The van der Waals surface area contributed by atoms with Crippen molar-refractivity contribution in [2.45, 2.75) is 32.3 Å². The summed E-state index contributed by atoms with van der Waals surface area (Å²) in [7, 11) is 1.70. The number of benzene rings is 1. The van der Waals surface area contributed by atoms with Gasteiger partial charge in [0.1, 0.15) is 11.8 Å². The lowest BCUT2D eigenvalue weighted by Crippen LogP contribution is -2.13. The van der Waals surface area contributed by atoms with E-state index in [9.17, 15) is 9.59 Å². The second-order valence-corrected chi connectivity index (χ2v) is 6.70. The first-order valence-corrected chi connectivity index (χ1v) is 8.14. The maximum Gasteiger partial charge on any atom is 0.355 e. The van der Waals surface area contributed by atoms with E-state index < -0.39 is 11.9 Å². The fourth-order valence-corrected chi connectivity index (χ4v) is 3.46. The first-order valence-electron chi connectivity index (χ1n) is 8.14. The van der Waals surface area contributed by atoms with E-state index in [1.54, 1.807) is 17.8 Å². The number of nitrogens with two attached hydrogens (primary N) is 1. The van der Waals surface area contributed by atoms with Gasteiger partial charge in [-0.1, -0.05) is 38.1 Å². The van der Waals surface area contributed by atoms with Crippen molar-refractivity contribution in [3.63, 3.8) is 0 Å². The van der Waals surface area contributed by atoms with Crippen molar-refractivity contribution >= 4 is 11.9 Å². The van der Waals surface area contributed by atoms with E-state index in [-0.39, 0.29) is 6.10 Å². The molecule has 1 aromatic heterocycles. The van der Waals surface area contributed by atoms with Crippen LogP contribution in [0.2, 0.25) is 0 Å². The Hall–Kier alpha value is -2.56. The maximum atomic E-state index is 12.5.